The molecular formula is C19H16N4O2S. The number of fused-ring (bicyclic) bond motifs is 2. The number of hydrogen-bond acceptors (Lipinski definition) is 6. The summed E-state index contributed by atoms with van der Waals surface area (Å²) < 4.78 is 6.30. The molecule has 4 heterocycles. The molecule has 1 fully saturated rings. The molecule has 0 N–H and O–H groups in total. The number of likely N-dealkylation sites (tertiary alicyclic amines) is 1. The predicted molar refractivity (Wildman–Crippen MR) is 99.2 cm³/mol. The van der Waals surface area contributed by atoms with E-state index in [9.17, 15) is 4.79 Å². The van der Waals surface area contributed by atoms with E-state index in [-0.39, 0.29) is 11.9 Å². The first-order chi connectivity index (χ1) is 12.7. The first kappa shape index (κ1) is 15.5. The lowest BCUT2D eigenvalue weighted by Crippen LogP contribution is -2.30. The van der Waals surface area contributed by atoms with Gasteiger partial charge in [-0.2, -0.15) is 0 Å². The molecule has 130 valence electrons. The summed E-state index contributed by atoms with van der Waals surface area (Å²) in [5, 5.41) is 5.70. The molecule has 1 aliphatic heterocycles. The fraction of sp³-hybridized carbons (Fsp3) is 0.263. The monoisotopic (exact) mass is 364 g/mol. The SMILES string of the molecule is Cc1noc2ncc(C(=O)N3CCC[C@@H]3c3nc4ccccc4s3)cc12. The van der Waals surface area contributed by atoms with Crippen molar-refractivity contribution >= 4 is 38.6 Å². The van der Waals surface area contributed by atoms with Crippen LogP contribution in [0.15, 0.2) is 41.1 Å². The molecule has 0 radical (unpaired) electrons. The smallest absolute Gasteiger partial charge is 0.257 e. The van der Waals surface area contributed by atoms with Crippen LogP contribution >= 0.6 is 11.3 Å². The number of carbonyl (C=O) groups is 1. The van der Waals surface area contributed by atoms with Gasteiger partial charge in [0.25, 0.3) is 11.6 Å². The highest BCUT2D eigenvalue weighted by Crippen LogP contribution is 2.37. The van der Waals surface area contributed by atoms with Crippen LogP contribution in [0.25, 0.3) is 21.3 Å². The van der Waals surface area contributed by atoms with Gasteiger partial charge in [0.05, 0.1) is 32.9 Å². The van der Waals surface area contributed by atoms with Gasteiger partial charge in [0.2, 0.25) is 0 Å². The second-order valence-corrected chi connectivity index (χ2v) is 7.58. The highest BCUT2D eigenvalue weighted by atomic mass is 32.1. The number of para-hydroxylation sites is 1. The molecule has 7 heteroatoms. The number of aromatic nitrogens is 3. The Morgan fingerprint density at radius 2 is 2.23 bits per heavy atom. The van der Waals surface area contributed by atoms with Crippen LogP contribution in [0.3, 0.4) is 0 Å². The van der Waals surface area contributed by atoms with Crippen LogP contribution in [-0.2, 0) is 0 Å². The van der Waals surface area contributed by atoms with Crippen LogP contribution < -0.4 is 0 Å². The van der Waals surface area contributed by atoms with E-state index in [1.165, 1.54) is 0 Å². The van der Waals surface area contributed by atoms with Gasteiger partial charge in [-0.25, -0.2) is 9.97 Å². The second kappa shape index (κ2) is 5.88. The summed E-state index contributed by atoms with van der Waals surface area (Å²) in [6.45, 7) is 2.58. The largest absolute Gasteiger partial charge is 0.336 e. The Labute approximate surface area is 153 Å². The van der Waals surface area contributed by atoms with Crippen molar-refractivity contribution in [1.82, 2.24) is 20.0 Å². The van der Waals surface area contributed by atoms with Crippen molar-refractivity contribution in [2.75, 3.05) is 6.54 Å². The summed E-state index contributed by atoms with van der Waals surface area (Å²) in [6.07, 6.45) is 3.49. The van der Waals surface area contributed by atoms with Gasteiger partial charge in [-0.3, -0.25) is 4.79 Å². The molecule has 3 aromatic heterocycles. The average molecular weight is 364 g/mol. The number of thiazole rings is 1. The minimum absolute atomic E-state index is 0.0123. The molecule has 6 nitrogen and oxygen atoms in total. The Bertz CT molecular complexity index is 1100. The van der Waals surface area contributed by atoms with Gasteiger partial charge >= 0.3 is 0 Å². The summed E-state index contributed by atoms with van der Waals surface area (Å²) in [6, 6.07) is 9.95. The Morgan fingerprint density at radius 1 is 1.35 bits per heavy atom. The molecule has 0 aliphatic carbocycles. The molecule has 5 rings (SSSR count). The maximum atomic E-state index is 13.1. The van der Waals surface area contributed by atoms with Crippen molar-refractivity contribution in [1.29, 1.82) is 0 Å². The van der Waals surface area contributed by atoms with Gasteiger partial charge in [-0.05, 0) is 38.0 Å². The fourth-order valence-electron chi connectivity index (χ4n) is 3.53. The van der Waals surface area contributed by atoms with E-state index < -0.39 is 0 Å². The van der Waals surface area contributed by atoms with E-state index in [0.29, 0.717) is 11.3 Å². The molecule has 1 atom stereocenters. The van der Waals surface area contributed by atoms with Gasteiger partial charge in [0.15, 0.2) is 0 Å². The van der Waals surface area contributed by atoms with Crippen molar-refractivity contribution in [2.24, 2.45) is 0 Å². The van der Waals surface area contributed by atoms with Crippen LogP contribution in [0.1, 0.15) is 39.9 Å². The maximum absolute atomic E-state index is 13.1. The summed E-state index contributed by atoms with van der Waals surface area (Å²) >= 11 is 1.67. The number of nitrogens with zero attached hydrogens (tertiary/aromatic N) is 4. The summed E-state index contributed by atoms with van der Waals surface area (Å²) in [5.41, 5.74) is 2.77. The highest BCUT2D eigenvalue weighted by Gasteiger charge is 2.33. The number of carbonyl (C=O) groups excluding carboxylic acids is 1. The van der Waals surface area contributed by atoms with Crippen molar-refractivity contribution in [2.45, 2.75) is 25.8 Å². The normalized spacial score (nSPS) is 17.4. The number of aryl methyl sites for hydroxylation is 1. The van der Waals surface area contributed by atoms with Crippen LogP contribution in [0.2, 0.25) is 0 Å². The van der Waals surface area contributed by atoms with Crippen molar-refractivity contribution in [3.63, 3.8) is 0 Å². The first-order valence-electron chi connectivity index (χ1n) is 8.59. The average Bonchev–Trinajstić information content (AvgIpc) is 3.38. The Hall–Kier alpha value is -2.80. The standard InChI is InChI=1S/C19H16N4O2S/c1-11-13-9-12(10-20-17(13)25-22-11)19(24)23-8-4-6-15(23)18-21-14-5-2-3-7-16(14)26-18/h2-3,5,7,9-10,15H,4,6,8H2,1H3/t15-/m1/s1. The molecule has 0 bridgehead atoms. The Morgan fingerprint density at radius 3 is 3.12 bits per heavy atom. The molecular weight excluding hydrogens is 348 g/mol. The van der Waals surface area contributed by atoms with E-state index in [0.717, 1.165) is 45.7 Å². The van der Waals surface area contributed by atoms with Gasteiger partial charge in [-0.15, -0.1) is 11.3 Å². The van der Waals surface area contributed by atoms with E-state index in [4.69, 9.17) is 9.51 Å². The lowest BCUT2D eigenvalue weighted by atomic mass is 10.1. The second-order valence-electron chi connectivity index (χ2n) is 6.52. The molecule has 26 heavy (non-hydrogen) atoms. The van der Waals surface area contributed by atoms with Crippen molar-refractivity contribution < 1.29 is 9.32 Å². The third-order valence-electron chi connectivity index (χ3n) is 4.87. The third kappa shape index (κ3) is 2.39. The zero-order valence-corrected chi connectivity index (χ0v) is 15.0. The molecule has 1 aromatic carbocycles. The molecule has 0 saturated carbocycles. The quantitative estimate of drug-likeness (QED) is 0.535. The zero-order valence-electron chi connectivity index (χ0n) is 14.2. The molecule has 1 saturated heterocycles. The lowest BCUT2D eigenvalue weighted by Gasteiger charge is -2.23. The van der Waals surface area contributed by atoms with Gasteiger partial charge in [0, 0.05) is 12.7 Å². The van der Waals surface area contributed by atoms with Gasteiger partial charge in [-0.1, -0.05) is 17.3 Å². The highest BCUT2D eigenvalue weighted by molar-refractivity contribution is 7.18. The summed E-state index contributed by atoms with van der Waals surface area (Å²) in [7, 11) is 0. The number of hydrogen-bond donors (Lipinski definition) is 0. The number of amides is 1. The van der Waals surface area contributed by atoms with Gasteiger partial charge < -0.3 is 9.42 Å². The minimum Gasteiger partial charge on any atom is -0.336 e. The first-order valence-corrected chi connectivity index (χ1v) is 9.41. The zero-order chi connectivity index (χ0) is 17.7. The van der Waals surface area contributed by atoms with Crippen molar-refractivity contribution in [3.8, 4) is 0 Å². The molecule has 1 aliphatic rings. The van der Waals surface area contributed by atoms with Crippen LogP contribution in [0.4, 0.5) is 0 Å². The van der Waals surface area contributed by atoms with Crippen molar-refractivity contribution in [3.05, 3.63) is 52.8 Å². The molecule has 1 amide bonds. The lowest BCUT2D eigenvalue weighted by molar-refractivity contribution is 0.0735. The number of benzene rings is 1. The Balaban J connectivity index is 1.50. The number of pyridine rings is 1. The van der Waals surface area contributed by atoms with E-state index in [2.05, 4.69) is 16.2 Å². The molecule has 0 spiro atoms. The third-order valence-corrected chi connectivity index (χ3v) is 6.00. The summed E-state index contributed by atoms with van der Waals surface area (Å²) in [5.74, 6) is -0.0123. The molecule has 0 unspecified atom stereocenters. The molecule has 4 aromatic rings. The fourth-order valence-corrected chi connectivity index (χ4v) is 4.64. The van der Waals surface area contributed by atoms with E-state index >= 15 is 0 Å². The predicted octanol–water partition coefficient (Wildman–Crippen LogP) is 4.12. The van der Waals surface area contributed by atoms with Gasteiger partial charge in [0.1, 0.15) is 5.01 Å². The number of rotatable bonds is 2. The summed E-state index contributed by atoms with van der Waals surface area (Å²) in [4.78, 5) is 24.1. The van der Waals surface area contributed by atoms with E-state index in [1.54, 1.807) is 17.5 Å². The topological polar surface area (TPSA) is 72.1 Å². The minimum atomic E-state index is -0.0123. The maximum Gasteiger partial charge on any atom is 0.257 e. The van der Waals surface area contributed by atoms with Crippen LogP contribution in [0.5, 0.6) is 0 Å². The van der Waals surface area contributed by atoms with Crippen LogP contribution in [0, 0.1) is 6.92 Å². The van der Waals surface area contributed by atoms with E-state index in [1.807, 2.05) is 36.1 Å². The van der Waals surface area contributed by atoms with Crippen LogP contribution in [-0.4, -0.2) is 32.5 Å². The Kier molecular flexibility index (Phi) is 3.49.